The van der Waals surface area contributed by atoms with Crippen LogP contribution in [-0.2, 0) is 4.79 Å². The summed E-state index contributed by atoms with van der Waals surface area (Å²) in [6.07, 6.45) is 0.0511. The lowest BCUT2D eigenvalue weighted by atomic mass is 10.1. The van der Waals surface area contributed by atoms with E-state index in [1.54, 1.807) is 6.92 Å². The molecule has 0 heterocycles. The number of hydrogen-bond acceptors (Lipinski definition) is 3. The summed E-state index contributed by atoms with van der Waals surface area (Å²) in [5.41, 5.74) is 0. The minimum absolute atomic E-state index is 0.336. The van der Waals surface area contributed by atoms with Crippen LogP contribution in [0.1, 0.15) is 13.3 Å². The van der Waals surface area contributed by atoms with Crippen molar-refractivity contribution in [3.63, 3.8) is 0 Å². The molecule has 0 radical (unpaired) electrons. The molecule has 0 aliphatic rings. The number of nitrogens with one attached hydrogen (secondary N) is 1. The molecule has 0 fully saturated rings. The summed E-state index contributed by atoms with van der Waals surface area (Å²) >= 11 is 0. The van der Waals surface area contributed by atoms with Gasteiger partial charge in [0.2, 0.25) is 0 Å². The SMILES string of the molecule is C=CC(=O)C(CC)NC(=O)[O-]. The highest BCUT2D eigenvalue weighted by Gasteiger charge is 2.11. The first kappa shape index (κ1) is 9.68. The van der Waals surface area contributed by atoms with Crippen LogP contribution in [0, 0.1) is 0 Å². The van der Waals surface area contributed by atoms with Gasteiger partial charge in [-0.2, -0.15) is 0 Å². The van der Waals surface area contributed by atoms with Crippen molar-refractivity contribution in [3.8, 4) is 0 Å². The summed E-state index contributed by atoms with van der Waals surface area (Å²) in [7, 11) is 0. The second-order valence-corrected chi connectivity index (χ2v) is 2.00. The zero-order valence-corrected chi connectivity index (χ0v) is 6.29. The molecule has 11 heavy (non-hydrogen) atoms. The van der Waals surface area contributed by atoms with Gasteiger partial charge in [-0.1, -0.05) is 13.5 Å². The predicted molar refractivity (Wildman–Crippen MR) is 37.8 cm³/mol. The van der Waals surface area contributed by atoms with Crippen molar-refractivity contribution in [1.82, 2.24) is 5.32 Å². The summed E-state index contributed by atoms with van der Waals surface area (Å²) in [6.45, 7) is 4.93. The van der Waals surface area contributed by atoms with Gasteiger partial charge in [0.1, 0.15) is 6.09 Å². The fourth-order valence-electron chi connectivity index (χ4n) is 0.659. The number of rotatable bonds is 4. The van der Waals surface area contributed by atoms with Crippen molar-refractivity contribution in [2.24, 2.45) is 0 Å². The largest absolute Gasteiger partial charge is 0.530 e. The number of ketones is 1. The van der Waals surface area contributed by atoms with Crippen LogP contribution in [0.5, 0.6) is 0 Å². The maximum absolute atomic E-state index is 10.8. The van der Waals surface area contributed by atoms with Crippen LogP contribution in [-0.4, -0.2) is 17.9 Å². The summed E-state index contributed by atoms with van der Waals surface area (Å²) in [4.78, 5) is 20.8. The molecule has 0 aromatic carbocycles. The van der Waals surface area contributed by atoms with Gasteiger partial charge >= 0.3 is 0 Å². The Balaban J connectivity index is 4.05. The molecule has 0 spiro atoms. The molecule has 1 N–H and O–H groups in total. The maximum atomic E-state index is 10.8. The topological polar surface area (TPSA) is 69.2 Å². The fraction of sp³-hybridized carbons (Fsp3) is 0.429. The molecule has 1 amide bonds. The van der Waals surface area contributed by atoms with Gasteiger partial charge in [0.05, 0.1) is 6.04 Å². The van der Waals surface area contributed by atoms with Crippen molar-refractivity contribution in [1.29, 1.82) is 0 Å². The lowest BCUT2D eigenvalue weighted by Gasteiger charge is -2.14. The van der Waals surface area contributed by atoms with E-state index < -0.39 is 12.1 Å². The Morgan fingerprint density at radius 2 is 2.27 bits per heavy atom. The molecule has 0 saturated heterocycles. The average molecular weight is 156 g/mol. The van der Waals surface area contributed by atoms with Gasteiger partial charge in [0.15, 0.2) is 5.78 Å². The van der Waals surface area contributed by atoms with E-state index in [0.717, 1.165) is 6.08 Å². The van der Waals surface area contributed by atoms with E-state index in [2.05, 4.69) is 6.58 Å². The summed E-state index contributed by atoms with van der Waals surface area (Å²) in [6, 6.07) is -0.711. The maximum Gasteiger partial charge on any atom is 0.177 e. The van der Waals surface area contributed by atoms with E-state index in [4.69, 9.17) is 0 Å². The van der Waals surface area contributed by atoms with Crippen LogP contribution in [0.2, 0.25) is 0 Å². The van der Waals surface area contributed by atoms with Crippen molar-refractivity contribution >= 4 is 11.9 Å². The molecule has 0 saturated carbocycles. The molecule has 0 aliphatic carbocycles. The van der Waals surface area contributed by atoms with Gasteiger partial charge < -0.3 is 15.2 Å². The minimum Gasteiger partial charge on any atom is -0.530 e. The van der Waals surface area contributed by atoms with Crippen LogP contribution in [0.15, 0.2) is 12.7 Å². The first-order valence-corrected chi connectivity index (χ1v) is 3.25. The number of carboxylic acid groups (broad SMARTS) is 1. The molecule has 4 heteroatoms. The van der Waals surface area contributed by atoms with Crippen molar-refractivity contribution in [2.75, 3.05) is 0 Å². The van der Waals surface area contributed by atoms with E-state index >= 15 is 0 Å². The second-order valence-electron chi connectivity index (χ2n) is 2.00. The van der Waals surface area contributed by atoms with Gasteiger partial charge in [-0.05, 0) is 12.5 Å². The highest BCUT2D eigenvalue weighted by molar-refractivity contribution is 5.95. The summed E-state index contributed by atoms with van der Waals surface area (Å²) < 4.78 is 0. The molecular formula is C7H10NO3-. The van der Waals surface area contributed by atoms with E-state index in [0.29, 0.717) is 6.42 Å². The molecule has 1 atom stereocenters. The normalized spacial score (nSPS) is 11.7. The number of carbonyl (C=O) groups excluding carboxylic acids is 2. The number of hydrogen-bond donors (Lipinski definition) is 1. The highest BCUT2D eigenvalue weighted by atomic mass is 16.4. The summed E-state index contributed by atoms with van der Waals surface area (Å²) in [5.74, 6) is -0.336. The first-order valence-electron chi connectivity index (χ1n) is 3.25. The van der Waals surface area contributed by atoms with Gasteiger partial charge in [-0.3, -0.25) is 4.79 Å². The molecular weight excluding hydrogens is 146 g/mol. The van der Waals surface area contributed by atoms with Crippen LogP contribution in [0.25, 0.3) is 0 Å². The van der Waals surface area contributed by atoms with Crippen molar-refractivity contribution in [2.45, 2.75) is 19.4 Å². The van der Waals surface area contributed by atoms with Crippen LogP contribution in [0.3, 0.4) is 0 Å². The van der Waals surface area contributed by atoms with E-state index in [1.165, 1.54) is 0 Å². The summed E-state index contributed by atoms with van der Waals surface area (Å²) in [5, 5.41) is 11.9. The number of carbonyl (C=O) groups is 2. The van der Waals surface area contributed by atoms with Gasteiger partial charge in [-0.15, -0.1) is 0 Å². The number of amides is 1. The predicted octanol–water partition coefficient (Wildman–Crippen LogP) is -0.547. The van der Waals surface area contributed by atoms with Crippen LogP contribution >= 0.6 is 0 Å². The molecule has 0 bridgehead atoms. The molecule has 0 aromatic heterocycles. The van der Waals surface area contributed by atoms with Crippen LogP contribution in [0.4, 0.5) is 4.79 Å². The van der Waals surface area contributed by atoms with E-state index in [9.17, 15) is 14.7 Å². The fourth-order valence-corrected chi connectivity index (χ4v) is 0.659. The zero-order chi connectivity index (χ0) is 8.85. The Morgan fingerprint density at radius 3 is 2.55 bits per heavy atom. The Hall–Kier alpha value is -1.32. The third kappa shape index (κ3) is 3.40. The molecule has 0 rings (SSSR count). The average Bonchev–Trinajstić information content (AvgIpc) is 1.98. The molecule has 4 nitrogen and oxygen atoms in total. The minimum atomic E-state index is -1.44. The molecule has 62 valence electrons. The Kier molecular flexibility index (Phi) is 3.95. The molecule has 0 aromatic rings. The van der Waals surface area contributed by atoms with E-state index in [-0.39, 0.29) is 5.78 Å². The van der Waals surface area contributed by atoms with Crippen molar-refractivity contribution < 1.29 is 14.7 Å². The Bertz CT molecular complexity index is 177. The molecule has 1 unspecified atom stereocenters. The van der Waals surface area contributed by atoms with Gasteiger partial charge in [0, 0.05) is 0 Å². The quantitative estimate of drug-likeness (QED) is 0.555. The second kappa shape index (κ2) is 4.49. The standard InChI is InChI=1S/C7H11NO3/c1-3-5(6(9)4-2)8-7(10)11/h4-5,8H,2-3H2,1H3,(H,10,11)/p-1. The smallest absolute Gasteiger partial charge is 0.177 e. The monoisotopic (exact) mass is 156 g/mol. The van der Waals surface area contributed by atoms with E-state index in [1.807, 2.05) is 5.32 Å². The van der Waals surface area contributed by atoms with Gasteiger partial charge in [0.25, 0.3) is 0 Å². The third-order valence-electron chi connectivity index (χ3n) is 1.24. The Labute approximate surface area is 64.9 Å². The van der Waals surface area contributed by atoms with Crippen molar-refractivity contribution in [3.05, 3.63) is 12.7 Å². The Morgan fingerprint density at radius 1 is 1.73 bits per heavy atom. The highest BCUT2D eigenvalue weighted by Crippen LogP contribution is 1.92. The molecule has 0 aliphatic heterocycles. The zero-order valence-electron chi connectivity index (χ0n) is 6.29. The first-order chi connectivity index (χ1) is 5.11. The third-order valence-corrected chi connectivity index (χ3v) is 1.24. The lowest BCUT2D eigenvalue weighted by molar-refractivity contribution is -0.251. The van der Waals surface area contributed by atoms with Gasteiger partial charge in [-0.25, -0.2) is 0 Å². The lowest BCUT2D eigenvalue weighted by Crippen LogP contribution is -2.46. The van der Waals surface area contributed by atoms with Crippen LogP contribution < -0.4 is 10.4 Å².